The minimum atomic E-state index is -3.09. The highest BCUT2D eigenvalue weighted by atomic mass is 32.2. The number of sulfone groups is 1. The van der Waals surface area contributed by atoms with Gasteiger partial charge in [-0.1, -0.05) is 0 Å². The van der Waals surface area contributed by atoms with Crippen LogP contribution in [0.2, 0.25) is 0 Å². The van der Waals surface area contributed by atoms with Gasteiger partial charge >= 0.3 is 0 Å². The molecular weight excluding hydrogens is 411 g/mol. The molecule has 160 valence electrons. The first-order valence-corrected chi connectivity index (χ1v) is 11.4. The largest absolute Gasteiger partial charge is 0.367 e. The van der Waals surface area contributed by atoms with E-state index in [-0.39, 0.29) is 29.5 Å². The maximum absolute atomic E-state index is 14.1. The van der Waals surface area contributed by atoms with E-state index in [9.17, 15) is 17.6 Å². The summed E-state index contributed by atoms with van der Waals surface area (Å²) in [7, 11) is -3.09. The van der Waals surface area contributed by atoms with E-state index >= 15 is 0 Å². The molecule has 1 amide bonds. The molecule has 0 fully saturated rings. The van der Waals surface area contributed by atoms with Crippen molar-refractivity contribution in [3.63, 3.8) is 0 Å². The summed E-state index contributed by atoms with van der Waals surface area (Å²) in [4.78, 5) is 20.7. The molecule has 2 N–H and O–H groups in total. The molecule has 0 aliphatic heterocycles. The minimum absolute atomic E-state index is 0.0122. The highest BCUT2D eigenvalue weighted by molar-refractivity contribution is 7.90. The molecule has 0 spiro atoms. The van der Waals surface area contributed by atoms with Crippen LogP contribution in [0.1, 0.15) is 30.6 Å². The number of hydrogen-bond donors (Lipinski definition) is 2. The Bertz CT molecular complexity index is 1180. The molecule has 0 radical (unpaired) electrons. The summed E-state index contributed by atoms with van der Waals surface area (Å²) in [6, 6.07) is 3.12. The fraction of sp³-hybridized carbons (Fsp3) is 0.368. The molecule has 3 heterocycles. The third-order valence-electron chi connectivity index (χ3n) is 4.18. The van der Waals surface area contributed by atoms with E-state index in [0.29, 0.717) is 23.6 Å². The third kappa shape index (κ3) is 5.09. The Morgan fingerprint density at radius 1 is 1.30 bits per heavy atom. The van der Waals surface area contributed by atoms with Crippen molar-refractivity contribution >= 4 is 27.2 Å². The molecule has 0 aliphatic carbocycles. The first-order valence-electron chi connectivity index (χ1n) is 9.37. The molecular formula is C19H23FN6O3S. The van der Waals surface area contributed by atoms with E-state index < -0.39 is 21.6 Å². The Balaban J connectivity index is 1.94. The molecule has 0 saturated heterocycles. The lowest BCUT2D eigenvalue weighted by molar-refractivity contribution is 0.0953. The number of amides is 1. The van der Waals surface area contributed by atoms with E-state index in [2.05, 4.69) is 25.7 Å². The van der Waals surface area contributed by atoms with Gasteiger partial charge in [-0.25, -0.2) is 17.8 Å². The average molecular weight is 434 g/mol. The maximum atomic E-state index is 14.1. The molecule has 9 nitrogen and oxygen atoms in total. The second-order valence-corrected chi connectivity index (χ2v) is 9.47. The molecule has 0 aliphatic rings. The summed E-state index contributed by atoms with van der Waals surface area (Å²) in [5.74, 6) is -0.519. The number of carbonyl (C=O) groups is 1. The maximum Gasteiger partial charge on any atom is 0.256 e. The lowest BCUT2D eigenvalue weighted by Crippen LogP contribution is -2.28. The molecule has 3 aromatic rings. The van der Waals surface area contributed by atoms with Crippen LogP contribution in [0, 0.1) is 5.82 Å². The lowest BCUT2D eigenvalue weighted by atomic mass is 10.2. The molecule has 11 heteroatoms. The standard InChI is InChI=1S/C19H23FN6O3S/c1-12(2)24-18-14(19(27)22-6-4-8-30(3,28)29)10-23-17-9-16(25-26(17)18)13-5-7-21-11-15(13)20/h5,7,9-12,24H,4,6,8H2,1-3H3,(H,22,27). The molecule has 3 aromatic heterocycles. The van der Waals surface area contributed by atoms with E-state index in [1.54, 1.807) is 6.07 Å². The summed E-state index contributed by atoms with van der Waals surface area (Å²) in [6.07, 6.45) is 5.45. The van der Waals surface area contributed by atoms with Gasteiger partial charge in [-0.05, 0) is 26.3 Å². The van der Waals surface area contributed by atoms with Crippen molar-refractivity contribution in [2.75, 3.05) is 23.9 Å². The van der Waals surface area contributed by atoms with Crippen molar-refractivity contribution in [3.8, 4) is 11.3 Å². The quantitative estimate of drug-likeness (QED) is 0.520. The number of rotatable bonds is 8. The Kier molecular flexibility index (Phi) is 6.30. The van der Waals surface area contributed by atoms with Gasteiger partial charge in [0.15, 0.2) is 11.5 Å². The van der Waals surface area contributed by atoms with E-state index in [4.69, 9.17) is 0 Å². The van der Waals surface area contributed by atoms with Crippen molar-refractivity contribution in [2.24, 2.45) is 0 Å². The highest BCUT2D eigenvalue weighted by Gasteiger charge is 2.19. The van der Waals surface area contributed by atoms with Crippen LogP contribution in [0.3, 0.4) is 0 Å². The van der Waals surface area contributed by atoms with Crippen molar-refractivity contribution in [1.82, 2.24) is 24.9 Å². The van der Waals surface area contributed by atoms with Gasteiger partial charge < -0.3 is 10.6 Å². The van der Waals surface area contributed by atoms with Gasteiger partial charge in [0.2, 0.25) is 0 Å². The van der Waals surface area contributed by atoms with Gasteiger partial charge in [-0.2, -0.15) is 9.61 Å². The number of hydrogen-bond acceptors (Lipinski definition) is 7. The number of halogens is 1. The molecule has 0 bridgehead atoms. The fourth-order valence-corrected chi connectivity index (χ4v) is 3.53. The zero-order chi connectivity index (χ0) is 21.9. The van der Waals surface area contributed by atoms with Crippen LogP contribution in [0.4, 0.5) is 10.2 Å². The van der Waals surface area contributed by atoms with Crippen LogP contribution in [-0.2, 0) is 9.84 Å². The van der Waals surface area contributed by atoms with Crippen molar-refractivity contribution in [1.29, 1.82) is 0 Å². The number of anilines is 1. The summed E-state index contributed by atoms with van der Waals surface area (Å²) in [5.41, 5.74) is 1.33. The molecule has 0 aromatic carbocycles. The first-order chi connectivity index (χ1) is 14.2. The second-order valence-electron chi connectivity index (χ2n) is 7.21. The number of aromatic nitrogens is 4. The van der Waals surface area contributed by atoms with Crippen molar-refractivity contribution in [2.45, 2.75) is 26.3 Å². The van der Waals surface area contributed by atoms with Crippen LogP contribution < -0.4 is 10.6 Å². The number of fused-ring (bicyclic) bond motifs is 1. The predicted molar refractivity (Wildman–Crippen MR) is 112 cm³/mol. The predicted octanol–water partition coefficient (Wildman–Crippen LogP) is 1.92. The SMILES string of the molecule is CC(C)Nc1c(C(=O)NCCCS(C)(=O)=O)cnc2cc(-c3ccncc3F)nn12. The molecule has 3 rings (SSSR count). The summed E-state index contributed by atoms with van der Waals surface area (Å²) in [6.45, 7) is 4.03. The average Bonchev–Trinajstić information content (AvgIpc) is 3.09. The molecule has 30 heavy (non-hydrogen) atoms. The lowest BCUT2D eigenvalue weighted by Gasteiger charge is -2.15. The van der Waals surface area contributed by atoms with Gasteiger partial charge in [-0.3, -0.25) is 9.78 Å². The Hall–Kier alpha value is -3.08. The molecule has 0 saturated carbocycles. The zero-order valence-electron chi connectivity index (χ0n) is 16.9. The van der Waals surface area contributed by atoms with Gasteiger partial charge in [0, 0.05) is 42.9 Å². The van der Waals surface area contributed by atoms with Crippen molar-refractivity contribution < 1.29 is 17.6 Å². The van der Waals surface area contributed by atoms with Gasteiger partial charge in [0.1, 0.15) is 21.2 Å². The number of pyridine rings is 1. The van der Waals surface area contributed by atoms with E-state index in [1.807, 2.05) is 13.8 Å². The van der Waals surface area contributed by atoms with Gasteiger partial charge in [-0.15, -0.1) is 0 Å². The smallest absolute Gasteiger partial charge is 0.256 e. The van der Waals surface area contributed by atoms with Gasteiger partial charge in [0.05, 0.1) is 17.6 Å². The van der Waals surface area contributed by atoms with E-state index in [0.717, 1.165) is 12.5 Å². The molecule has 0 atom stereocenters. The van der Waals surface area contributed by atoms with Crippen LogP contribution >= 0.6 is 0 Å². The summed E-state index contributed by atoms with van der Waals surface area (Å²) < 4.78 is 38.1. The van der Waals surface area contributed by atoms with Crippen LogP contribution in [-0.4, -0.2) is 58.5 Å². The second kappa shape index (κ2) is 8.74. The van der Waals surface area contributed by atoms with Crippen LogP contribution in [0.5, 0.6) is 0 Å². The van der Waals surface area contributed by atoms with E-state index in [1.165, 1.54) is 23.0 Å². The van der Waals surface area contributed by atoms with Gasteiger partial charge in [0.25, 0.3) is 5.91 Å². The normalized spacial score (nSPS) is 11.8. The number of nitrogens with zero attached hydrogens (tertiary/aromatic N) is 4. The number of nitrogens with one attached hydrogen (secondary N) is 2. The minimum Gasteiger partial charge on any atom is -0.367 e. The van der Waals surface area contributed by atoms with Crippen molar-refractivity contribution in [3.05, 3.63) is 42.1 Å². The first kappa shape index (κ1) is 21.6. The monoisotopic (exact) mass is 434 g/mol. The highest BCUT2D eigenvalue weighted by Crippen LogP contribution is 2.25. The Labute approximate surface area is 173 Å². The molecule has 0 unspecified atom stereocenters. The van der Waals surface area contributed by atoms with Crippen LogP contribution in [0.25, 0.3) is 16.9 Å². The summed E-state index contributed by atoms with van der Waals surface area (Å²) in [5, 5.41) is 10.3. The van der Waals surface area contributed by atoms with Crippen LogP contribution in [0.15, 0.2) is 30.7 Å². The number of carbonyl (C=O) groups excluding carboxylic acids is 1. The zero-order valence-corrected chi connectivity index (χ0v) is 17.7. The Morgan fingerprint density at radius 3 is 2.73 bits per heavy atom. The Morgan fingerprint density at radius 2 is 2.07 bits per heavy atom. The summed E-state index contributed by atoms with van der Waals surface area (Å²) >= 11 is 0. The topological polar surface area (TPSA) is 118 Å². The third-order valence-corrected chi connectivity index (χ3v) is 5.21. The fourth-order valence-electron chi connectivity index (χ4n) is 2.86.